The lowest BCUT2D eigenvalue weighted by Crippen LogP contribution is -2.36. The van der Waals surface area contributed by atoms with Crippen LogP contribution < -0.4 is 11.4 Å². The number of aliphatic hydroxyl groups is 2. The summed E-state index contributed by atoms with van der Waals surface area (Å²) in [5.74, 6) is -1.30. The van der Waals surface area contributed by atoms with Crippen molar-refractivity contribution in [2.45, 2.75) is 224 Å². The van der Waals surface area contributed by atoms with E-state index in [2.05, 4.69) is 59.6 Å². The third kappa shape index (κ3) is 30.8. The first kappa shape index (κ1) is 63.1. The molecule has 0 saturated carbocycles. The molecule has 1 fully saturated rings. The lowest BCUT2D eigenvalue weighted by molar-refractivity contribution is -0.161. The molecule has 0 aliphatic carbocycles. The van der Waals surface area contributed by atoms with Crippen LogP contribution in [0.1, 0.15) is 200 Å². The molecule has 402 valence electrons. The molecule has 1 aromatic heterocycles. The molecule has 2 heterocycles. The number of unbranched alkanes of at least 4 members (excludes halogenated alkanes) is 21. The quantitative estimate of drug-likeness (QED) is 0.0176. The maximum absolute atomic E-state index is 12.9. The highest BCUT2D eigenvalue weighted by atomic mass is 31.3. The number of carbonyl (C=O) groups excluding carboxylic acids is 2. The largest absolute Gasteiger partial charge is 0.481 e. The van der Waals surface area contributed by atoms with Crippen LogP contribution in [0.2, 0.25) is 0 Å². The Morgan fingerprint density at radius 2 is 1.16 bits per heavy atom. The van der Waals surface area contributed by atoms with E-state index in [1.165, 1.54) is 82.9 Å². The number of carbonyl (C=O) groups is 2. The Bertz CT molecular complexity index is 1810. The van der Waals surface area contributed by atoms with Gasteiger partial charge in [0.05, 0.1) is 13.2 Å². The van der Waals surface area contributed by atoms with E-state index in [1.807, 2.05) is 0 Å². The molecule has 1 saturated heterocycles. The summed E-state index contributed by atoms with van der Waals surface area (Å²) in [7, 11) is -10.8. The van der Waals surface area contributed by atoms with E-state index in [0.29, 0.717) is 12.8 Å². The van der Waals surface area contributed by atoms with Gasteiger partial charge in [-0.3, -0.25) is 23.2 Å². The molecule has 1 aromatic rings. The number of nitrogens with zero attached hydrogens (tertiary/aromatic N) is 2. The number of phosphoric acid groups is 2. The fourth-order valence-corrected chi connectivity index (χ4v) is 9.78. The first-order valence-corrected chi connectivity index (χ1v) is 29.0. The third-order valence-electron chi connectivity index (χ3n) is 11.7. The molecule has 0 amide bonds. The standard InChI is InChI=1S/C50H87N3O15P2/c1-3-5-7-9-11-13-15-17-18-19-20-21-22-24-26-28-30-32-34-36-46(55)66-42(39-63-45(54)35-33-31-29-27-25-23-16-14-12-10-8-6-4-2)40-64-69(59,60)68-70(61,62)65-41-43-47(56)48(57)49(67-43)53-38-37-44(51)52-50(53)58/h11,13,17-18,20-21,37-38,42-43,47-49,56-57H,3-10,12,14-16,19,22-36,39-41H2,1-2H3,(H,59,60)(H,61,62)(H2,51,52,58). The highest BCUT2D eigenvalue weighted by molar-refractivity contribution is 7.61. The summed E-state index contributed by atoms with van der Waals surface area (Å²) in [5.41, 5.74) is 4.59. The second-order valence-corrected chi connectivity index (χ2v) is 21.1. The van der Waals surface area contributed by atoms with Gasteiger partial charge in [-0.15, -0.1) is 0 Å². The Balaban J connectivity index is 1.79. The number of esters is 2. The number of nitrogen functional groups attached to an aromatic ring is 1. The molecule has 18 nitrogen and oxygen atoms in total. The molecule has 0 radical (unpaired) electrons. The SMILES string of the molecule is CCCCCC=CCC=CCC=CCCCCCCCCC(=O)OC(COC(=O)CCCCCCCCCCCCCCC)COP(=O)(O)OP(=O)(O)OCC1OC(n2ccc(N)nc2=O)C(O)C1O. The van der Waals surface area contributed by atoms with Crippen molar-refractivity contribution in [1.29, 1.82) is 0 Å². The fraction of sp³-hybridized carbons (Fsp3) is 0.760. The Labute approximate surface area is 417 Å². The second kappa shape index (κ2) is 38.6. The molecule has 70 heavy (non-hydrogen) atoms. The average Bonchev–Trinajstić information content (AvgIpc) is 3.59. The number of rotatable bonds is 43. The Hall–Kier alpha value is -3.02. The normalized spacial score (nSPS) is 19.5. The van der Waals surface area contributed by atoms with Gasteiger partial charge >= 0.3 is 33.3 Å². The number of phosphoric ester groups is 2. The smallest absolute Gasteiger partial charge is 0.462 e. The Morgan fingerprint density at radius 1 is 0.686 bits per heavy atom. The number of aliphatic hydroxyl groups excluding tert-OH is 2. The van der Waals surface area contributed by atoms with Crippen molar-refractivity contribution in [2.75, 3.05) is 25.6 Å². The number of hydrogen-bond donors (Lipinski definition) is 5. The zero-order valence-electron chi connectivity index (χ0n) is 42.1. The number of anilines is 1. The number of allylic oxidation sites excluding steroid dienone is 6. The van der Waals surface area contributed by atoms with Crippen LogP contribution >= 0.6 is 15.6 Å². The molecule has 7 unspecified atom stereocenters. The molecule has 2 rings (SSSR count). The van der Waals surface area contributed by atoms with Crippen molar-refractivity contribution in [3.63, 3.8) is 0 Å². The molecule has 0 aromatic carbocycles. The maximum atomic E-state index is 12.9. The minimum Gasteiger partial charge on any atom is -0.462 e. The van der Waals surface area contributed by atoms with Crippen LogP contribution in [0.3, 0.4) is 0 Å². The van der Waals surface area contributed by atoms with Crippen LogP contribution in [0.25, 0.3) is 0 Å². The van der Waals surface area contributed by atoms with Crippen LogP contribution in [0.4, 0.5) is 5.82 Å². The number of ether oxygens (including phenoxy) is 3. The van der Waals surface area contributed by atoms with E-state index in [9.17, 15) is 43.5 Å². The van der Waals surface area contributed by atoms with E-state index in [4.69, 9.17) is 29.0 Å². The molecule has 0 bridgehead atoms. The van der Waals surface area contributed by atoms with E-state index < -0.39 is 83.7 Å². The van der Waals surface area contributed by atoms with E-state index in [-0.39, 0.29) is 18.7 Å². The summed E-state index contributed by atoms with van der Waals surface area (Å²) in [4.78, 5) is 61.9. The van der Waals surface area contributed by atoms with Gasteiger partial charge in [0.15, 0.2) is 12.3 Å². The number of hydrogen-bond acceptors (Lipinski definition) is 15. The summed E-state index contributed by atoms with van der Waals surface area (Å²) in [5, 5.41) is 20.9. The van der Waals surface area contributed by atoms with Crippen molar-refractivity contribution in [1.82, 2.24) is 9.55 Å². The lowest BCUT2D eigenvalue weighted by Gasteiger charge is -2.21. The van der Waals surface area contributed by atoms with Gasteiger partial charge in [-0.05, 0) is 57.4 Å². The molecule has 0 spiro atoms. The average molecular weight is 1030 g/mol. The van der Waals surface area contributed by atoms with Gasteiger partial charge < -0.3 is 39.9 Å². The van der Waals surface area contributed by atoms with Gasteiger partial charge in [0.25, 0.3) is 0 Å². The van der Waals surface area contributed by atoms with Gasteiger partial charge in [0.1, 0.15) is 30.7 Å². The highest BCUT2D eigenvalue weighted by Crippen LogP contribution is 2.60. The number of aromatic nitrogens is 2. The first-order chi connectivity index (χ1) is 33.7. The van der Waals surface area contributed by atoms with Crippen LogP contribution in [-0.4, -0.2) is 85.7 Å². The van der Waals surface area contributed by atoms with Crippen LogP contribution in [-0.2, 0) is 46.3 Å². The predicted molar refractivity (Wildman–Crippen MR) is 270 cm³/mol. The minimum absolute atomic E-state index is 0.0371. The fourth-order valence-electron chi connectivity index (χ4n) is 7.67. The predicted octanol–water partition coefficient (Wildman–Crippen LogP) is 10.8. The van der Waals surface area contributed by atoms with E-state index in [1.54, 1.807) is 0 Å². The zero-order valence-corrected chi connectivity index (χ0v) is 43.9. The monoisotopic (exact) mass is 1030 g/mol. The second-order valence-electron chi connectivity index (χ2n) is 18.0. The summed E-state index contributed by atoms with van der Waals surface area (Å²) in [6.45, 7) is 2.13. The Morgan fingerprint density at radius 3 is 1.71 bits per heavy atom. The van der Waals surface area contributed by atoms with Crippen molar-refractivity contribution >= 4 is 33.4 Å². The summed E-state index contributed by atoms with van der Waals surface area (Å²) < 4.78 is 56.8. The minimum atomic E-state index is -5.43. The van der Waals surface area contributed by atoms with Crippen LogP contribution in [0, 0.1) is 0 Å². The molecule has 6 N–H and O–H groups in total. The molecule has 7 atom stereocenters. The molecular formula is C50H87N3O15P2. The van der Waals surface area contributed by atoms with Gasteiger partial charge in [-0.1, -0.05) is 166 Å². The van der Waals surface area contributed by atoms with E-state index in [0.717, 1.165) is 88.0 Å². The van der Waals surface area contributed by atoms with Gasteiger partial charge in [0, 0.05) is 19.0 Å². The van der Waals surface area contributed by atoms with Crippen molar-refractivity contribution in [3.8, 4) is 0 Å². The van der Waals surface area contributed by atoms with Crippen LogP contribution in [0.5, 0.6) is 0 Å². The van der Waals surface area contributed by atoms with Gasteiger partial charge in [0.2, 0.25) is 0 Å². The summed E-state index contributed by atoms with van der Waals surface area (Å²) in [6, 6.07) is 1.25. The zero-order chi connectivity index (χ0) is 51.3. The van der Waals surface area contributed by atoms with Gasteiger partial charge in [-0.2, -0.15) is 9.29 Å². The third-order valence-corrected chi connectivity index (χ3v) is 14.3. The summed E-state index contributed by atoms with van der Waals surface area (Å²) >= 11 is 0. The van der Waals surface area contributed by atoms with Crippen molar-refractivity contribution < 1.29 is 66.3 Å². The molecule has 20 heteroatoms. The number of nitrogens with two attached hydrogens (primary N) is 1. The maximum Gasteiger partial charge on any atom is 0.481 e. The van der Waals surface area contributed by atoms with Gasteiger partial charge in [-0.25, -0.2) is 13.9 Å². The molecular weight excluding hydrogens is 945 g/mol. The van der Waals surface area contributed by atoms with Crippen molar-refractivity contribution in [2.24, 2.45) is 0 Å². The van der Waals surface area contributed by atoms with Crippen LogP contribution in [0.15, 0.2) is 53.5 Å². The molecule has 1 aliphatic rings. The van der Waals surface area contributed by atoms with Crippen molar-refractivity contribution in [3.05, 3.63) is 59.2 Å². The first-order valence-electron chi connectivity index (χ1n) is 26.0. The topological polar surface area (TPSA) is 265 Å². The highest BCUT2D eigenvalue weighted by Gasteiger charge is 2.46. The summed E-state index contributed by atoms with van der Waals surface area (Å²) in [6.07, 6.45) is 35.0. The molecule has 1 aliphatic heterocycles. The Kier molecular flexibility index (Phi) is 34.8. The van der Waals surface area contributed by atoms with E-state index >= 15 is 0 Å². The lowest BCUT2D eigenvalue weighted by atomic mass is 10.0.